The summed E-state index contributed by atoms with van der Waals surface area (Å²) < 4.78 is 9.10. The van der Waals surface area contributed by atoms with Crippen LogP contribution >= 0.6 is 11.5 Å². The predicted molar refractivity (Wildman–Crippen MR) is 116 cm³/mol. The average Bonchev–Trinajstić information content (AvgIpc) is 3.41. The van der Waals surface area contributed by atoms with Crippen molar-refractivity contribution in [2.24, 2.45) is 0 Å². The molecule has 0 radical (unpaired) electrons. The number of amides is 2. The van der Waals surface area contributed by atoms with Gasteiger partial charge in [0.1, 0.15) is 12.6 Å². The molecule has 0 aliphatic heterocycles. The summed E-state index contributed by atoms with van der Waals surface area (Å²) in [6.45, 7) is 0.142. The molecule has 3 N–H and O–H groups in total. The molecule has 0 saturated heterocycles. The molecule has 1 heterocycles. The Bertz CT molecular complexity index is 1090. The number of carboxylic acids is 1. The fourth-order valence-corrected chi connectivity index (χ4v) is 4.18. The standard InChI is InChI=1S/C22H20N4O5S/c27-20(28)9-19(21(29)23-10-13-12-32-26-25-13)24-22(30)31-11-18-16-7-3-1-5-14(16)15-6-2-4-8-17(15)18/h1-8,12,18-19H,9-11H2,(H,23,29)(H,24,30)(H,27,28). The summed E-state index contributed by atoms with van der Waals surface area (Å²) in [5.41, 5.74) is 4.84. The number of rotatable bonds is 8. The third kappa shape index (κ3) is 4.75. The number of carbonyl (C=O) groups excluding carboxylic acids is 2. The highest BCUT2D eigenvalue weighted by molar-refractivity contribution is 7.03. The number of aromatic nitrogens is 2. The van der Waals surface area contributed by atoms with Crippen LogP contribution in [0.4, 0.5) is 4.79 Å². The van der Waals surface area contributed by atoms with Crippen LogP contribution in [-0.2, 0) is 20.9 Å². The number of nitrogens with zero attached hydrogens (tertiary/aromatic N) is 2. The molecule has 164 valence electrons. The van der Waals surface area contributed by atoms with Crippen molar-refractivity contribution in [1.29, 1.82) is 0 Å². The van der Waals surface area contributed by atoms with Gasteiger partial charge in [0, 0.05) is 11.3 Å². The number of aliphatic carboxylic acids is 1. The van der Waals surface area contributed by atoms with Crippen LogP contribution in [-0.4, -0.2) is 45.3 Å². The fraction of sp³-hybridized carbons (Fsp3) is 0.227. The molecule has 1 unspecified atom stereocenters. The maximum Gasteiger partial charge on any atom is 0.407 e. The second kappa shape index (κ2) is 9.56. The van der Waals surface area contributed by atoms with Gasteiger partial charge >= 0.3 is 12.1 Å². The second-order valence-corrected chi connectivity index (χ2v) is 7.84. The Morgan fingerprint density at radius 2 is 1.72 bits per heavy atom. The number of ether oxygens (including phenoxy) is 1. The Hall–Kier alpha value is -3.79. The number of alkyl carbamates (subject to hydrolysis) is 1. The van der Waals surface area contributed by atoms with Crippen LogP contribution in [0.5, 0.6) is 0 Å². The number of nitrogens with one attached hydrogen (secondary N) is 2. The summed E-state index contributed by atoms with van der Waals surface area (Å²) in [5, 5.41) is 19.5. The number of hydrogen-bond acceptors (Lipinski definition) is 7. The molecule has 1 atom stereocenters. The molecule has 32 heavy (non-hydrogen) atoms. The molecular formula is C22H20N4O5S. The largest absolute Gasteiger partial charge is 0.481 e. The minimum absolute atomic E-state index is 0.0613. The molecule has 4 rings (SSSR count). The van der Waals surface area contributed by atoms with Gasteiger partial charge in [-0.15, -0.1) is 5.10 Å². The number of hydrogen-bond donors (Lipinski definition) is 3. The number of benzene rings is 2. The number of carbonyl (C=O) groups is 3. The van der Waals surface area contributed by atoms with E-state index in [2.05, 4.69) is 20.2 Å². The molecule has 2 aromatic carbocycles. The summed E-state index contributed by atoms with van der Waals surface area (Å²) in [6.07, 6.45) is -1.44. The summed E-state index contributed by atoms with van der Waals surface area (Å²) in [6, 6.07) is 14.6. The molecule has 0 fully saturated rings. The van der Waals surface area contributed by atoms with Gasteiger partial charge in [-0.3, -0.25) is 9.59 Å². The van der Waals surface area contributed by atoms with Crippen molar-refractivity contribution in [3.8, 4) is 11.1 Å². The van der Waals surface area contributed by atoms with Gasteiger partial charge in [-0.2, -0.15) is 0 Å². The molecular weight excluding hydrogens is 432 g/mol. The van der Waals surface area contributed by atoms with Crippen molar-refractivity contribution in [2.75, 3.05) is 6.61 Å². The molecule has 0 saturated carbocycles. The van der Waals surface area contributed by atoms with E-state index in [0.717, 1.165) is 33.8 Å². The molecule has 0 spiro atoms. The van der Waals surface area contributed by atoms with E-state index >= 15 is 0 Å². The molecule has 3 aromatic rings. The van der Waals surface area contributed by atoms with Crippen LogP contribution in [0, 0.1) is 0 Å². The van der Waals surface area contributed by atoms with Gasteiger partial charge in [0.2, 0.25) is 5.91 Å². The highest BCUT2D eigenvalue weighted by atomic mass is 32.1. The highest BCUT2D eigenvalue weighted by Gasteiger charge is 2.30. The van der Waals surface area contributed by atoms with Crippen molar-refractivity contribution in [2.45, 2.75) is 24.9 Å². The Labute approximate surface area is 187 Å². The van der Waals surface area contributed by atoms with Crippen LogP contribution in [0.15, 0.2) is 53.9 Å². The van der Waals surface area contributed by atoms with Gasteiger partial charge < -0.3 is 20.5 Å². The van der Waals surface area contributed by atoms with Crippen LogP contribution in [0.25, 0.3) is 11.1 Å². The van der Waals surface area contributed by atoms with Gasteiger partial charge in [-0.05, 0) is 33.8 Å². The van der Waals surface area contributed by atoms with E-state index in [9.17, 15) is 14.4 Å². The zero-order valence-electron chi connectivity index (χ0n) is 16.9. The molecule has 0 bridgehead atoms. The lowest BCUT2D eigenvalue weighted by Crippen LogP contribution is -2.48. The lowest BCUT2D eigenvalue weighted by molar-refractivity contribution is -0.139. The van der Waals surface area contributed by atoms with Gasteiger partial charge in [-0.1, -0.05) is 53.0 Å². The van der Waals surface area contributed by atoms with Crippen LogP contribution in [0.3, 0.4) is 0 Å². The third-order valence-electron chi connectivity index (χ3n) is 5.18. The first kappa shape index (κ1) is 21.4. The zero-order chi connectivity index (χ0) is 22.5. The summed E-state index contributed by atoms with van der Waals surface area (Å²) in [5.74, 6) is -2.01. The lowest BCUT2D eigenvalue weighted by atomic mass is 9.98. The van der Waals surface area contributed by atoms with Crippen molar-refractivity contribution in [3.05, 3.63) is 70.7 Å². The Kier molecular flexibility index (Phi) is 6.41. The van der Waals surface area contributed by atoms with Gasteiger partial charge in [-0.25, -0.2) is 4.79 Å². The van der Waals surface area contributed by atoms with E-state index in [0.29, 0.717) is 5.69 Å². The fourth-order valence-electron chi connectivity index (χ4n) is 3.73. The van der Waals surface area contributed by atoms with Crippen molar-refractivity contribution in [3.63, 3.8) is 0 Å². The maximum atomic E-state index is 12.4. The number of fused-ring (bicyclic) bond motifs is 3. The lowest BCUT2D eigenvalue weighted by Gasteiger charge is -2.18. The first-order chi connectivity index (χ1) is 15.5. The van der Waals surface area contributed by atoms with E-state index in [1.165, 1.54) is 0 Å². The predicted octanol–water partition coefficient (Wildman–Crippen LogP) is 2.54. The monoisotopic (exact) mass is 452 g/mol. The topological polar surface area (TPSA) is 131 Å². The van der Waals surface area contributed by atoms with Crippen molar-refractivity contribution in [1.82, 2.24) is 20.2 Å². The van der Waals surface area contributed by atoms with E-state index < -0.39 is 30.4 Å². The van der Waals surface area contributed by atoms with E-state index in [-0.39, 0.29) is 19.1 Å². The van der Waals surface area contributed by atoms with E-state index in [4.69, 9.17) is 9.84 Å². The first-order valence-electron chi connectivity index (χ1n) is 9.90. The quantitative estimate of drug-likeness (QED) is 0.479. The normalized spacial score (nSPS) is 13.0. The van der Waals surface area contributed by atoms with Gasteiger partial charge in [0.15, 0.2) is 0 Å². The molecule has 2 amide bonds. The van der Waals surface area contributed by atoms with Gasteiger partial charge in [0.25, 0.3) is 0 Å². The summed E-state index contributed by atoms with van der Waals surface area (Å²) in [4.78, 5) is 36.0. The van der Waals surface area contributed by atoms with Crippen molar-refractivity contribution < 1.29 is 24.2 Å². The third-order valence-corrected chi connectivity index (χ3v) is 5.73. The molecule has 1 aromatic heterocycles. The van der Waals surface area contributed by atoms with Crippen LogP contribution in [0.1, 0.15) is 29.2 Å². The minimum atomic E-state index is -1.28. The van der Waals surface area contributed by atoms with E-state index in [1.807, 2.05) is 48.5 Å². The highest BCUT2D eigenvalue weighted by Crippen LogP contribution is 2.44. The molecule has 9 nitrogen and oxygen atoms in total. The second-order valence-electron chi connectivity index (χ2n) is 7.23. The van der Waals surface area contributed by atoms with Crippen LogP contribution in [0.2, 0.25) is 0 Å². The maximum absolute atomic E-state index is 12.4. The van der Waals surface area contributed by atoms with Crippen molar-refractivity contribution >= 4 is 29.5 Å². The molecule has 1 aliphatic carbocycles. The van der Waals surface area contributed by atoms with E-state index in [1.54, 1.807) is 5.38 Å². The average molecular weight is 452 g/mol. The molecule has 1 aliphatic rings. The smallest absolute Gasteiger partial charge is 0.407 e. The Balaban J connectivity index is 1.39. The Morgan fingerprint density at radius 1 is 1.06 bits per heavy atom. The molecule has 10 heteroatoms. The first-order valence-corrected chi connectivity index (χ1v) is 10.7. The van der Waals surface area contributed by atoms with Crippen LogP contribution < -0.4 is 10.6 Å². The number of carboxylic acid groups (broad SMARTS) is 1. The minimum Gasteiger partial charge on any atom is -0.481 e. The summed E-state index contributed by atoms with van der Waals surface area (Å²) in [7, 11) is 0. The van der Waals surface area contributed by atoms with Gasteiger partial charge in [0.05, 0.1) is 18.7 Å². The zero-order valence-corrected chi connectivity index (χ0v) is 17.7. The SMILES string of the molecule is O=C(O)CC(NC(=O)OCC1c2ccccc2-c2ccccc21)C(=O)NCc1csnn1. The summed E-state index contributed by atoms with van der Waals surface area (Å²) >= 11 is 1.13. The Morgan fingerprint density at radius 3 is 2.31 bits per heavy atom.